The van der Waals surface area contributed by atoms with Gasteiger partial charge in [0.05, 0.1) is 18.9 Å². The summed E-state index contributed by atoms with van der Waals surface area (Å²) in [7, 11) is -1.52. The number of piperidine rings is 2. The second kappa shape index (κ2) is 9.22. The molecular weight excluding hydrogens is 436 g/mol. The SMILES string of the molecule is COc1ccccc1-c1nnc(C2CCN(C(=O)C3CCN(S(C)(=O)=O)CC3)CC2)s1. The largest absolute Gasteiger partial charge is 0.496 e. The van der Waals surface area contributed by atoms with Crippen molar-refractivity contribution in [2.24, 2.45) is 5.92 Å². The number of hydrogen-bond acceptors (Lipinski definition) is 7. The number of likely N-dealkylation sites (tertiary alicyclic amines) is 1. The Kier molecular flexibility index (Phi) is 6.59. The fourth-order valence-corrected chi connectivity index (χ4v) is 6.29. The van der Waals surface area contributed by atoms with Crippen molar-refractivity contribution < 1.29 is 17.9 Å². The summed E-state index contributed by atoms with van der Waals surface area (Å²) in [5.41, 5.74) is 0.946. The van der Waals surface area contributed by atoms with Crippen LogP contribution < -0.4 is 4.74 Å². The number of methoxy groups -OCH3 is 1. The van der Waals surface area contributed by atoms with Gasteiger partial charge in [0.2, 0.25) is 15.9 Å². The van der Waals surface area contributed by atoms with Crippen molar-refractivity contribution in [2.45, 2.75) is 31.6 Å². The average molecular weight is 465 g/mol. The summed E-state index contributed by atoms with van der Waals surface area (Å²) in [5, 5.41) is 10.7. The fraction of sp³-hybridized carbons (Fsp3) is 0.571. The third kappa shape index (κ3) is 4.91. The van der Waals surface area contributed by atoms with Crippen molar-refractivity contribution in [2.75, 3.05) is 39.5 Å². The Labute approximate surface area is 187 Å². The van der Waals surface area contributed by atoms with Crippen LogP contribution in [-0.4, -0.2) is 73.3 Å². The molecule has 0 N–H and O–H groups in total. The van der Waals surface area contributed by atoms with Gasteiger partial charge in [-0.15, -0.1) is 10.2 Å². The van der Waals surface area contributed by atoms with Gasteiger partial charge in [0.1, 0.15) is 10.8 Å². The van der Waals surface area contributed by atoms with Crippen LogP contribution in [0.2, 0.25) is 0 Å². The van der Waals surface area contributed by atoms with Crippen LogP contribution in [0.5, 0.6) is 5.75 Å². The Hall–Kier alpha value is -2.04. The minimum absolute atomic E-state index is 0.0757. The highest BCUT2D eigenvalue weighted by Crippen LogP contribution is 2.37. The Balaban J connectivity index is 1.33. The van der Waals surface area contributed by atoms with E-state index in [0.29, 0.717) is 44.9 Å². The number of para-hydroxylation sites is 1. The Morgan fingerprint density at radius 1 is 1.06 bits per heavy atom. The average Bonchev–Trinajstić information content (AvgIpc) is 3.28. The first kappa shape index (κ1) is 22.2. The van der Waals surface area contributed by atoms with Gasteiger partial charge < -0.3 is 9.64 Å². The quantitative estimate of drug-likeness (QED) is 0.675. The second-order valence-electron chi connectivity index (χ2n) is 8.18. The predicted molar refractivity (Wildman–Crippen MR) is 120 cm³/mol. The first-order chi connectivity index (χ1) is 14.9. The van der Waals surface area contributed by atoms with Gasteiger partial charge in [0.25, 0.3) is 0 Å². The van der Waals surface area contributed by atoms with Gasteiger partial charge >= 0.3 is 0 Å². The van der Waals surface area contributed by atoms with E-state index >= 15 is 0 Å². The van der Waals surface area contributed by atoms with Crippen LogP contribution in [0.15, 0.2) is 24.3 Å². The summed E-state index contributed by atoms with van der Waals surface area (Å²) in [4.78, 5) is 14.9. The summed E-state index contributed by atoms with van der Waals surface area (Å²) < 4.78 is 30.3. The topological polar surface area (TPSA) is 92.7 Å². The molecule has 0 spiro atoms. The number of benzene rings is 1. The van der Waals surface area contributed by atoms with E-state index in [9.17, 15) is 13.2 Å². The van der Waals surface area contributed by atoms with Gasteiger partial charge in [0.15, 0.2) is 5.01 Å². The van der Waals surface area contributed by atoms with Crippen LogP contribution in [0.25, 0.3) is 10.6 Å². The molecule has 168 valence electrons. The van der Waals surface area contributed by atoms with Crippen LogP contribution in [0.4, 0.5) is 0 Å². The van der Waals surface area contributed by atoms with Gasteiger partial charge in [-0.3, -0.25) is 4.79 Å². The monoisotopic (exact) mass is 464 g/mol. The first-order valence-corrected chi connectivity index (χ1v) is 13.2. The molecule has 0 atom stereocenters. The number of sulfonamides is 1. The minimum atomic E-state index is -3.17. The molecule has 1 amide bonds. The maximum absolute atomic E-state index is 12.9. The van der Waals surface area contributed by atoms with E-state index in [1.165, 1.54) is 10.6 Å². The van der Waals surface area contributed by atoms with Crippen molar-refractivity contribution >= 4 is 27.3 Å². The number of nitrogens with zero attached hydrogens (tertiary/aromatic N) is 4. The molecule has 3 heterocycles. The number of amides is 1. The van der Waals surface area contributed by atoms with Crippen molar-refractivity contribution in [3.05, 3.63) is 29.3 Å². The van der Waals surface area contributed by atoms with Gasteiger partial charge in [-0.05, 0) is 37.8 Å². The number of ether oxygens (including phenoxy) is 1. The third-order valence-electron chi connectivity index (χ3n) is 6.21. The third-order valence-corrected chi connectivity index (χ3v) is 8.63. The number of aromatic nitrogens is 2. The Morgan fingerprint density at radius 3 is 2.39 bits per heavy atom. The summed E-state index contributed by atoms with van der Waals surface area (Å²) in [5.74, 6) is 1.18. The molecule has 1 aromatic carbocycles. The maximum atomic E-state index is 12.9. The van der Waals surface area contributed by atoms with Gasteiger partial charge in [-0.2, -0.15) is 0 Å². The molecule has 8 nitrogen and oxygen atoms in total. The normalized spacial score (nSPS) is 19.5. The molecule has 0 bridgehead atoms. The molecule has 0 radical (unpaired) electrons. The lowest BCUT2D eigenvalue weighted by atomic mass is 9.93. The van der Waals surface area contributed by atoms with Crippen molar-refractivity contribution in [1.29, 1.82) is 0 Å². The van der Waals surface area contributed by atoms with Crippen LogP contribution in [0, 0.1) is 5.92 Å². The summed E-state index contributed by atoms with van der Waals surface area (Å²) >= 11 is 1.59. The maximum Gasteiger partial charge on any atom is 0.225 e. The molecule has 10 heteroatoms. The predicted octanol–water partition coefficient (Wildman–Crippen LogP) is 2.59. The number of rotatable bonds is 5. The minimum Gasteiger partial charge on any atom is -0.496 e. The molecular formula is C21H28N4O4S2. The number of hydrogen-bond donors (Lipinski definition) is 0. The zero-order chi connectivity index (χ0) is 22.0. The first-order valence-electron chi connectivity index (χ1n) is 10.6. The lowest BCUT2D eigenvalue weighted by molar-refractivity contribution is -0.137. The molecule has 0 unspecified atom stereocenters. The van der Waals surface area contributed by atoms with E-state index in [-0.39, 0.29) is 11.8 Å². The van der Waals surface area contributed by atoms with Crippen molar-refractivity contribution in [3.63, 3.8) is 0 Å². The van der Waals surface area contributed by atoms with E-state index < -0.39 is 10.0 Å². The van der Waals surface area contributed by atoms with Crippen LogP contribution in [0.1, 0.15) is 36.6 Å². The molecule has 2 saturated heterocycles. The Bertz CT molecular complexity index is 1020. The van der Waals surface area contributed by atoms with Crippen molar-refractivity contribution in [3.8, 4) is 16.3 Å². The summed E-state index contributed by atoms with van der Waals surface area (Å²) in [6.07, 6.45) is 4.17. The van der Waals surface area contributed by atoms with E-state index in [2.05, 4.69) is 10.2 Å². The van der Waals surface area contributed by atoms with E-state index in [4.69, 9.17) is 4.74 Å². The molecule has 2 aromatic rings. The number of carbonyl (C=O) groups excluding carboxylic acids is 1. The highest BCUT2D eigenvalue weighted by atomic mass is 32.2. The Morgan fingerprint density at radius 2 is 1.74 bits per heavy atom. The molecule has 0 saturated carbocycles. The summed E-state index contributed by atoms with van der Waals surface area (Å²) in [6.45, 7) is 2.28. The second-order valence-corrected chi connectivity index (χ2v) is 11.2. The fourth-order valence-electron chi connectivity index (χ4n) is 4.37. The van der Waals surface area contributed by atoms with Gasteiger partial charge in [0, 0.05) is 38.0 Å². The lowest BCUT2D eigenvalue weighted by Gasteiger charge is -2.36. The molecule has 31 heavy (non-hydrogen) atoms. The van der Waals surface area contributed by atoms with Crippen LogP contribution in [0.3, 0.4) is 0 Å². The van der Waals surface area contributed by atoms with Gasteiger partial charge in [-0.25, -0.2) is 12.7 Å². The molecule has 1 aromatic heterocycles. The van der Waals surface area contributed by atoms with Crippen molar-refractivity contribution in [1.82, 2.24) is 19.4 Å². The van der Waals surface area contributed by atoms with E-state index in [0.717, 1.165) is 34.2 Å². The van der Waals surface area contributed by atoms with Gasteiger partial charge in [-0.1, -0.05) is 23.5 Å². The molecule has 2 fully saturated rings. The lowest BCUT2D eigenvalue weighted by Crippen LogP contribution is -2.46. The smallest absolute Gasteiger partial charge is 0.225 e. The highest BCUT2D eigenvalue weighted by molar-refractivity contribution is 7.88. The molecule has 0 aliphatic carbocycles. The summed E-state index contributed by atoms with van der Waals surface area (Å²) in [6, 6.07) is 7.80. The zero-order valence-corrected chi connectivity index (χ0v) is 19.5. The molecule has 2 aliphatic rings. The zero-order valence-electron chi connectivity index (χ0n) is 17.9. The van der Waals surface area contributed by atoms with Crippen LogP contribution in [-0.2, 0) is 14.8 Å². The highest BCUT2D eigenvalue weighted by Gasteiger charge is 2.33. The molecule has 4 rings (SSSR count). The van der Waals surface area contributed by atoms with E-state index in [1.54, 1.807) is 18.4 Å². The number of carbonyl (C=O) groups is 1. The van der Waals surface area contributed by atoms with Crippen LogP contribution >= 0.6 is 11.3 Å². The van der Waals surface area contributed by atoms with E-state index in [1.807, 2.05) is 29.2 Å². The standard InChI is InChI=1S/C21H28N4O4S2/c1-29-18-6-4-3-5-17(18)20-23-22-19(30-20)15-7-11-24(12-8-15)21(26)16-9-13-25(14-10-16)31(2,27)28/h3-6,15-16H,7-14H2,1-2H3. The molecule has 2 aliphatic heterocycles.